The van der Waals surface area contributed by atoms with Crippen LogP contribution in [0.5, 0.6) is 11.5 Å². The number of ether oxygens (including phenoxy) is 3. The van der Waals surface area contributed by atoms with E-state index in [1.165, 1.54) is 11.0 Å². The molecule has 2 aromatic heterocycles. The molecule has 0 unspecified atom stereocenters. The topological polar surface area (TPSA) is 144 Å². The van der Waals surface area contributed by atoms with Crippen molar-refractivity contribution >= 4 is 23.8 Å². The van der Waals surface area contributed by atoms with E-state index in [9.17, 15) is 9.59 Å². The molecule has 13 nitrogen and oxygen atoms in total. The Hall–Kier alpha value is -5.31. The first-order valence-corrected chi connectivity index (χ1v) is 21.5. The van der Waals surface area contributed by atoms with Crippen LogP contribution in [0.1, 0.15) is 71.8 Å². The second kappa shape index (κ2) is 27.0. The number of nitrogens with one attached hydrogen (secondary N) is 2. The minimum atomic E-state index is -0.995. The van der Waals surface area contributed by atoms with E-state index in [4.69, 9.17) is 23.7 Å². The van der Waals surface area contributed by atoms with Gasteiger partial charge >= 0.3 is 37.2 Å². The Labute approximate surface area is 432 Å². The minimum Gasteiger partial charge on any atom is -0.540 e. The van der Waals surface area contributed by atoms with Gasteiger partial charge in [-0.2, -0.15) is 4.98 Å². The molecule has 0 fully saturated rings. The van der Waals surface area contributed by atoms with Crippen molar-refractivity contribution in [2.75, 3.05) is 51.1 Å². The van der Waals surface area contributed by atoms with Gasteiger partial charge in [-0.15, -0.1) is 24.1 Å². The zero-order valence-electron chi connectivity index (χ0n) is 39.9. The average molecular weight is 1200 g/mol. The van der Waals surface area contributed by atoms with E-state index in [2.05, 4.69) is 26.8 Å². The van der Waals surface area contributed by atoms with Gasteiger partial charge < -0.3 is 46.6 Å². The van der Waals surface area contributed by atoms with E-state index in [1.54, 1.807) is 53.4 Å². The molecule has 6 rings (SSSR count). The summed E-state index contributed by atoms with van der Waals surface area (Å²) < 4.78 is 53.8. The zero-order chi connectivity index (χ0) is 46.6. The third-order valence-electron chi connectivity index (χ3n) is 10.7. The smallest absolute Gasteiger partial charge is 0.540 e. The molecule has 2 heterocycles. The van der Waals surface area contributed by atoms with Crippen molar-refractivity contribution in [1.82, 2.24) is 25.3 Å². The van der Waals surface area contributed by atoms with E-state index in [-0.39, 0.29) is 67.3 Å². The summed E-state index contributed by atoms with van der Waals surface area (Å²) in [7, 11) is 4.84. The van der Waals surface area contributed by atoms with Gasteiger partial charge in [0.15, 0.2) is 0 Å². The normalized spacial score (nSPS) is 11.0. The molecular formula is C51H58CoF2N7O6U-. The number of rotatable bonds is 20. The third-order valence-corrected chi connectivity index (χ3v) is 10.7. The fraction of sp³-hybridized carbons (Fsp3) is 0.314. The van der Waals surface area contributed by atoms with Gasteiger partial charge in [0, 0.05) is 87.1 Å². The fourth-order valence-corrected chi connectivity index (χ4v) is 7.20. The van der Waals surface area contributed by atoms with Crippen molar-refractivity contribution in [2.45, 2.75) is 66.5 Å². The minimum absolute atomic E-state index is 0. The molecule has 0 bridgehead atoms. The number of halogens is 2. The van der Waals surface area contributed by atoms with Gasteiger partial charge in [-0.3, -0.25) is 4.79 Å². The van der Waals surface area contributed by atoms with Gasteiger partial charge in [-0.25, -0.2) is 25.1 Å². The number of hydrogen-bond donors (Lipinski definition) is 2. The molecule has 361 valence electrons. The van der Waals surface area contributed by atoms with Gasteiger partial charge in [0.25, 0.3) is 5.91 Å². The summed E-state index contributed by atoms with van der Waals surface area (Å²) in [4.78, 5) is 38.4. The molecule has 4 aromatic carbocycles. The largest absolute Gasteiger partial charge is 2.00 e. The zero-order valence-corrected chi connectivity index (χ0v) is 45.1. The SMILES string of the molecule is CCOCc1c[c-]c(-c2ccc(C[C@@H](C)NC(=O)c3c(F)ccc(Cc4noc(C)c4-c4cnc(N(CC)CC)nc4N[CH-]Cc4ccc(OC(=O)N(C)C)cc4)c3F)cc2)c(OC)c1.[CH3-].[Co].[U+2]. The van der Waals surface area contributed by atoms with Crippen LogP contribution in [0.2, 0.25) is 0 Å². The summed E-state index contributed by atoms with van der Waals surface area (Å²) in [6.45, 7) is 13.7. The molecule has 0 aliphatic heterocycles. The summed E-state index contributed by atoms with van der Waals surface area (Å²) >= 11 is 0. The van der Waals surface area contributed by atoms with E-state index in [1.807, 2.05) is 80.7 Å². The van der Waals surface area contributed by atoms with Gasteiger partial charge in [-0.1, -0.05) is 70.4 Å². The Balaban J connectivity index is 0.00000408. The second-order valence-corrected chi connectivity index (χ2v) is 15.6. The molecule has 0 saturated carbocycles. The van der Waals surface area contributed by atoms with E-state index in [0.29, 0.717) is 85.0 Å². The van der Waals surface area contributed by atoms with Crippen molar-refractivity contribution in [3.63, 3.8) is 0 Å². The molecular weight excluding hydrogens is 1140 g/mol. The molecule has 17 heteroatoms. The molecule has 0 spiro atoms. The van der Waals surface area contributed by atoms with E-state index in [0.717, 1.165) is 33.9 Å². The fourth-order valence-electron chi connectivity index (χ4n) is 7.20. The number of carbonyl (C=O) groups excluding carboxylic acids is 2. The van der Waals surface area contributed by atoms with Crippen LogP contribution in [0.25, 0.3) is 22.3 Å². The summed E-state index contributed by atoms with van der Waals surface area (Å²) in [6.07, 6.45) is 1.97. The predicted molar refractivity (Wildman–Crippen MR) is 252 cm³/mol. The number of hydrogen-bond acceptors (Lipinski definition) is 11. The van der Waals surface area contributed by atoms with Crippen molar-refractivity contribution in [3.05, 3.63) is 150 Å². The molecule has 2 amide bonds. The number of benzene rings is 4. The van der Waals surface area contributed by atoms with Crippen LogP contribution in [0.3, 0.4) is 0 Å². The maximum Gasteiger partial charge on any atom is 2.00 e. The monoisotopic (exact) mass is 1200 g/mol. The first kappa shape index (κ1) is 57.0. The predicted octanol–water partition coefficient (Wildman–Crippen LogP) is 9.85. The number of nitrogens with zero attached hydrogens (tertiary/aromatic N) is 5. The van der Waals surface area contributed by atoms with Crippen LogP contribution < -0.4 is 25.0 Å². The summed E-state index contributed by atoms with van der Waals surface area (Å²) in [6, 6.07) is 24.0. The van der Waals surface area contributed by atoms with E-state index < -0.39 is 35.2 Å². The van der Waals surface area contributed by atoms with Gasteiger partial charge in [-0.05, 0) is 70.4 Å². The first-order chi connectivity index (χ1) is 31.3. The number of aromatic nitrogens is 3. The molecule has 0 aliphatic carbocycles. The van der Waals surface area contributed by atoms with Crippen molar-refractivity contribution in [2.24, 2.45) is 0 Å². The van der Waals surface area contributed by atoms with Crippen molar-refractivity contribution < 1.29 is 85.0 Å². The Morgan fingerprint density at radius 3 is 2.31 bits per heavy atom. The average Bonchev–Trinajstić information content (AvgIpc) is 3.66. The van der Waals surface area contributed by atoms with Gasteiger partial charge in [0.1, 0.15) is 34.5 Å². The van der Waals surface area contributed by atoms with Crippen LogP contribution in [0.15, 0.2) is 83.5 Å². The number of methoxy groups -OCH3 is 1. The molecule has 1 radical (unpaired) electrons. The van der Waals surface area contributed by atoms with Crippen molar-refractivity contribution in [1.29, 1.82) is 0 Å². The Bertz CT molecular complexity index is 2580. The van der Waals surface area contributed by atoms with Crippen LogP contribution in [0.4, 0.5) is 25.3 Å². The standard InChI is InChI=1S/C50H55F2N7O6.CH3.Co.U/c1-9-59(10-2)49-54-29-40(47(56-49)53-25-24-33-14-20-38(21-15-33)64-50(61)58(6)7)44-32(5)65-57-42(44)28-37-19-23-41(51)45(46(37)52)48(60)55-31(4)26-34-12-17-36(18-13-34)39-22-16-35(30-63-11-3)27-43(39)62-8;;;/h12-21,23,25,27,29,31H,9-11,24,26,28,30H2,1-8H3,(H,55,60)(H,53,54,56);1H3;;/q-2;-1;;+2/t31-;;;/m1.../s1. The molecule has 6 aromatic rings. The van der Waals surface area contributed by atoms with E-state index >= 15 is 8.78 Å². The molecule has 0 aliphatic rings. The Morgan fingerprint density at radius 1 is 0.971 bits per heavy atom. The van der Waals surface area contributed by atoms with Crippen LogP contribution >= 0.6 is 0 Å². The Morgan fingerprint density at radius 2 is 1.66 bits per heavy atom. The molecule has 68 heavy (non-hydrogen) atoms. The van der Waals surface area contributed by atoms with Gasteiger partial charge in [0.05, 0.1) is 18.4 Å². The quantitative estimate of drug-likeness (QED) is 0.0706. The molecule has 0 saturated heterocycles. The van der Waals surface area contributed by atoms with Gasteiger partial charge in [0.2, 0.25) is 5.95 Å². The number of anilines is 2. The number of carbonyl (C=O) groups is 2. The first-order valence-electron chi connectivity index (χ1n) is 21.5. The number of aryl methyl sites for hydroxylation is 1. The molecule has 1 atom stereocenters. The van der Waals surface area contributed by atoms with Crippen LogP contribution in [-0.2, 0) is 47.4 Å². The molecule has 2 N–H and O–H groups in total. The summed E-state index contributed by atoms with van der Waals surface area (Å²) in [5.74, 6) is -0.364. The third kappa shape index (κ3) is 14.4. The number of amides is 2. The second-order valence-electron chi connectivity index (χ2n) is 15.6. The maximum absolute atomic E-state index is 16.3. The summed E-state index contributed by atoms with van der Waals surface area (Å²) in [5.41, 5.74) is 5.30. The summed E-state index contributed by atoms with van der Waals surface area (Å²) in [5, 5.41) is 10.4. The van der Waals surface area contributed by atoms with Crippen molar-refractivity contribution in [3.8, 4) is 33.8 Å². The van der Waals surface area contributed by atoms with Crippen LogP contribution in [0, 0.1) is 69.7 Å². The van der Waals surface area contributed by atoms with Crippen LogP contribution in [-0.4, -0.2) is 79.0 Å². The Kier molecular flexibility index (Phi) is 22.7. The maximum atomic E-state index is 16.3.